The molecule has 44 valence electrons. The first-order valence-electron chi connectivity index (χ1n) is 2.75. The maximum Gasteiger partial charge on any atom is 0.0788 e. The minimum Gasteiger partial charge on any atom is -0.357 e. The first-order chi connectivity index (χ1) is 3.93. The second kappa shape index (κ2) is 2.84. The molecule has 0 spiro atoms. The molecule has 3 N–H and O–H groups in total. The van der Waals surface area contributed by atoms with Crippen LogP contribution in [0.4, 0.5) is 0 Å². The van der Waals surface area contributed by atoms with Crippen LogP contribution in [0.3, 0.4) is 0 Å². The lowest BCUT2D eigenvalue weighted by Gasteiger charge is -1.83. The Kier molecular flexibility index (Phi) is 2.06. The van der Waals surface area contributed by atoms with Crippen molar-refractivity contribution < 1.29 is 5.73 Å². The van der Waals surface area contributed by atoms with Gasteiger partial charge in [0.15, 0.2) is 0 Å². The van der Waals surface area contributed by atoms with Crippen LogP contribution in [-0.2, 0) is 6.42 Å². The Balaban J connectivity index is 2.50. The van der Waals surface area contributed by atoms with Gasteiger partial charge in [-0.3, -0.25) is 0 Å². The first kappa shape index (κ1) is 5.79. The molecule has 1 aromatic rings. The van der Waals surface area contributed by atoms with Gasteiger partial charge in [-0.25, -0.2) is 0 Å². The predicted octanol–water partition coefficient (Wildman–Crippen LogP) is 0.532. The summed E-state index contributed by atoms with van der Waals surface area (Å²) < 4.78 is 0. The molecule has 1 rings (SSSR count). The summed E-state index contributed by atoms with van der Waals surface area (Å²) in [6.45, 7) is 1.01. The van der Waals surface area contributed by atoms with Gasteiger partial charge in [0.1, 0.15) is 0 Å². The minimum atomic E-state index is 1.01. The van der Waals surface area contributed by atoms with E-state index < -0.39 is 0 Å². The highest BCUT2D eigenvalue weighted by Crippen LogP contribution is 2.07. The van der Waals surface area contributed by atoms with Gasteiger partial charge in [0.25, 0.3) is 0 Å². The van der Waals surface area contributed by atoms with E-state index >= 15 is 0 Å². The Morgan fingerprint density at radius 2 is 2.50 bits per heavy atom. The van der Waals surface area contributed by atoms with Crippen molar-refractivity contribution in [2.24, 2.45) is 0 Å². The Morgan fingerprint density at radius 3 is 3.00 bits per heavy atom. The Labute approximate surface area is 53.1 Å². The standard InChI is InChI=1S/C6H9NS/c7-4-3-6-2-1-5-8-6/h1-2,5H,3-4,7H2/p+1. The molecule has 0 fully saturated rings. The molecule has 0 aliphatic rings. The molecule has 0 amide bonds. The van der Waals surface area contributed by atoms with Crippen LogP contribution in [0.1, 0.15) is 4.88 Å². The molecule has 2 heteroatoms. The third-order valence-electron chi connectivity index (χ3n) is 1.00. The van der Waals surface area contributed by atoms with Crippen LogP contribution in [0, 0.1) is 0 Å². The Hall–Kier alpha value is -0.340. The fourth-order valence-corrected chi connectivity index (χ4v) is 1.38. The lowest BCUT2D eigenvalue weighted by molar-refractivity contribution is -0.366. The normalized spacial score (nSPS) is 9.62. The molecular formula is C6H10NS+. The summed E-state index contributed by atoms with van der Waals surface area (Å²) >= 11 is 1.81. The molecule has 0 atom stereocenters. The maximum absolute atomic E-state index is 3.77. The summed E-state index contributed by atoms with van der Waals surface area (Å²) in [6.07, 6.45) is 1.14. The van der Waals surface area contributed by atoms with Crippen LogP contribution in [0.25, 0.3) is 0 Å². The van der Waals surface area contributed by atoms with Crippen LogP contribution < -0.4 is 5.73 Å². The predicted molar refractivity (Wildman–Crippen MR) is 35.8 cm³/mol. The van der Waals surface area contributed by atoms with Crippen LogP contribution in [0.15, 0.2) is 17.5 Å². The van der Waals surface area contributed by atoms with Gasteiger partial charge in [-0.15, -0.1) is 11.3 Å². The molecular weight excluding hydrogens is 118 g/mol. The topological polar surface area (TPSA) is 27.6 Å². The Morgan fingerprint density at radius 1 is 1.62 bits per heavy atom. The van der Waals surface area contributed by atoms with Crippen molar-refractivity contribution in [3.05, 3.63) is 22.4 Å². The van der Waals surface area contributed by atoms with Crippen molar-refractivity contribution >= 4 is 11.3 Å². The maximum atomic E-state index is 3.77. The van der Waals surface area contributed by atoms with Crippen LogP contribution in [0.2, 0.25) is 0 Å². The van der Waals surface area contributed by atoms with Gasteiger partial charge >= 0.3 is 0 Å². The summed E-state index contributed by atoms with van der Waals surface area (Å²) in [5.74, 6) is 0. The van der Waals surface area contributed by atoms with Crippen molar-refractivity contribution in [3.8, 4) is 0 Å². The molecule has 0 bridgehead atoms. The summed E-state index contributed by atoms with van der Waals surface area (Å²) in [7, 11) is 0. The summed E-state index contributed by atoms with van der Waals surface area (Å²) in [5, 5.41) is 2.10. The third-order valence-corrected chi connectivity index (χ3v) is 1.94. The van der Waals surface area contributed by atoms with Crippen LogP contribution in [-0.4, -0.2) is 6.54 Å². The van der Waals surface area contributed by atoms with E-state index in [9.17, 15) is 0 Å². The zero-order valence-corrected chi connectivity index (χ0v) is 5.58. The highest BCUT2D eigenvalue weighted by molar-refractivity contribution is 7.09. The smallest absolute Gasteiger partial charge is 0.0788 e. The SMILES string of the molecule is [NH3+]CCc1cccs1. The van der Waals surface area contributed by atoms with Crippen molar-refractivity contribution in [2.45, 2.75) is 6.42 Å². The van der Waals surface area contributed by atoms with Gasteiger partial charge < -0.3 is 5.73 Å². The average molecular weight is 128 g/mol. The zero-order chi connectivity index (χ0) is 5.82. The van der Waals surface area contributed by atoms with E-state index in [4.69, 9.17) is 0 Å². The number of quaternary nitrogens is 1. The number of thiophene rings is 1. The number of hydrogen-bond donors (Lipinski definition) is 1. The minimum absolute atomic E-state index is 1.01. The molecule has 0 radical (unpaired) electrons. The van der Waals surface area contributed by atoms with E-state index in [1.54, 1.807) is 0 Å². The van der Waals surface area contributed by atoms with Gasteiger partial charge in [0.2, 0.25) is 0 Å². The highest BCUT2D eigenvalue weighted by Gasteiger charge is 1.89. The highest BCUT2D eigenvalue weighted by atomic mass is 32.1. The van der Waals surface area contributed by atoms with E-state index in [2.05, 4.69) is 23.2 Å². The van der Waals surface area contributed by atoms with Gasteiger partial charge in [-0.05, 0) is 11.4 Å². The molecule has 1 aromatic heterocycles. The van der Waals surface area contributed by atoms with E-state index in [0.29, 0.717) is 0 Å². The fourth-order valence-electron chi connectivity index (χ4n) is 0.629. The average Bonchev–Trinajstić information content (AvgIpc) is 2.19. The lowest BCUT2D eigenvalue weighted by Crippen LogP contribution is -2.51. The number of rotatable bonds is 2. The monoisotopic (exact) mass is 128 g/mol. The van der Waals surface area contributed by atoms with E-state index in [1.165, 1.54) is 4.88 Å². The quantitative estimate of drug-likeness (QED) is 0.602. The summed E-state index contributed by atoms with van der Waals surface area (Å²) in [4.78, 5) is 1.44. The van der Waals surface area contributed by atoms with Gasteiger partial charge in [0.05, 0.1) is 6.54 Å². The molecule has 0 unspecified atom stereocenters. The Bertz CT molecular complexity index is 134. The second-order valence-electron chi connectivity index (χ2n) is 1.68. The molecule has 1 nitrogen and oxygen atoms in total. The van der Waals surface area contributed by atoms with Crippen molar-refractivity contribution in [2.75, 3.05) is 6.54 Å². The number of hydrogen-bond acceptors (Lipinski definition) is 1. The van der Waals surface area contributed by atoms with E-state index in [0.717, 1.165) is 13.0 Å². The zero-order valence-electron chi connectivity index (χ0n) is 4.76. The van der Waals surface area contributed by atoms with E-state index in [-0.39, 0.29) is 0 Å². The molecule has 0 saturated heterocycles. The van der Waals surface area contributed by atoms with Crippen molar-refractivity contribution in [1.82, 2.24) is 0 Å². The largest absolute Gasteiger partial charge is 0.357 e. The fraction of sp³-hybridized carbons (Fsp3) is 0.333. The lowest BCUT2D eigenvalue weighted by atomic mass is 10.3. The summed E-state index contributed by atoms with van der Waals surface area (Å²) in [6, 6.07) is 4.23. The first-order valence-corrected chi connectivity index (χ1v) is 3.63. The third kappa shape index (κ3) is 1.32. The van der Waals surface area contributed by atoms with Gasteiger partial charge in [-0.2, -0.15) is 0 Å². The molecule has 0 aromatic carbocycles. The molecule has 0 aliphatic carbocycles. The molecule has 1 heterocycles. The van der Waals surface area contributed by atoms with Crippen LogP contribution >= 0.6 is 11.3 Å². The van der Waals surface area contributed by atoms with Crippen molar-refractivity contribution in [3.63, 3.8) is 0 Å². The van der Waals surface area contributed by atoms with Gasteiger partial charge in [0, 0.05) is 11.3 Å². The molecule has 0 aliphatic heterocycles. The molecule has 0 saturated carbocycles. The van der Waals surface area contributed by atoms with E-state index in [1.807, 2.05) is 11.3 Å². The van der Waals surface area contributed by atoms with Crippen molar-refractivity contribution in [1.29, 1.82) is 0 Å². The van der Waals surface area contributed by atoms with Crippen LogP contribution in [0.5, 0.6) is 0 Å². The second-order valence-corrected chi connectivity index (χ2v) is 2.72. The summed E-state index contributed by atoms with van der Waals surface area (Å²) in [5.41, 5.74) is 3.77. The van der Waals surface area contributed by atoms with Gasteiger partial charge in [-0.1, -0.05) is 6.07 Å². The molecule has 8 heavy (non-hydrogen) atoms.